The van der Waals surface area contributed by atoms with E-state index < -0.39 is 10.8 Å². The second kappa shape index (κ2) is 4.11. The van der Waals surface area contributed by atoms with Gasteiger partial charge in [-0.15, -0.1) is 0 Å². The van der Waals surface area contributed by atoms with E-state index in [4.69, 9.17) is 11.5 Å². The van der Waals surface area contributed by atoms with Crippen LogP contribution in [0.4, 0.5) is 11.4 Å². The molecule has 0 saturated heterocycles. The first kappa shape index (κ1) is 10.5. The molecule has 0 aromatic heterocycles. The maximum absolute atomic E-state index is 10.4. The number of nitro groups is 1. The van der Waals surface area contributed by atoms with Crippen molar-refractivity contribution in [1.29, 1.82) is 0 Å². The van der Waals surface area contributed by atoms with E-state index in [0.29, 0.717) is 5.56 Å². The molecule has 0 spiro atoms. The fraction of sp³-hybridized carbons (Fsp3) is 0. The normalized spacial score (nSPS) is 8.80. The van der Waals surface area contributed by atoms with Gasteiger partial charge in [0.05, 0.1) is 4.92 Å². The Morgan fingerprint density at radius 2 is 2.13 bits per heavy atom. The molecule has 1 rings (SSSR count). The molecule has 0 aliphatic heterocycles. The molecule has 0 fully saturated rings. The number of rotatable bonds is 1. The molecule has 0 aliphatic rings. The van der Waals surface area contributed by atoms with Crippen LogP contribution >= 0.6 is 0 Å². The first-order valence-corrected chi connectivity index (χ1v) is 3.86. The van der Waals surface area contributed by atoms with Crippen LogP contribution in [-0.4, -0.2) is 10.8 Å². The van der Waals surface area contributed by atoms with Gasteiger partial charge in [-0.3, -0.25) is 14.9 Å². The first-order valence-electron chi connectivity index (χ1n) is 3.86. The number of amides is 1. The second-order valence-electron chi connectivity index (χ2n) is 2.64. The zero-order chi connectivity index (χ0) is 11.4. The minimum absolute atomic E-state index is 0.00345. The van der Waals surface area contributed by atoms with E-state index >= 15 is 0 Å². The lowest BCUT2D eigenvalue weighted by atomic mass is 10.2. The van der Waals surface area contributed by atoms with Gasteiger partial charge in [0, 0.05) is 11.6 Å². The van der Waals surface area contributed by atoms with Gasteiger partial charge in [0.2, 0.25) is 0 Å². The van der Waals surface area contributed by atoms with Gasteiger partial charge in [-0.05, 0) is 18.1 Å². The summed E-state index contributed by atoms with van der Waals surface area (Å²) >= 11 is 0. The van der Waals surface area contributed by atoms with Crippen molar-refractivity contribution in [2.75, 3.05) is 5.73 Å². The molecule has 1 aromatic carbocycles. The van der Waals surface area contributed by atoms with Gasteiger partial charge in [-0.1, -0.05) is 5.92 Å². The van der Waals surface area contributed by atoms with Crippen LogP contribution in [0.1, 0.15) is 5.56 Å². The summed E-state index contributed by atoms with van der Waals surface area (Å²) in [7, 11) is 0. The Hall–Kier alpha value is -2.55. The van der Waals surface area contributed by atoms with Gasteiger partial charge in [-0.2, -0.15) is 0 Å². The Labute approximate surface area is 85.0 Å². The highest BCUT2D eigenvalue weighted by Crippen LogP contribution is 2.21. The predicted molar refractivity (Wildman–Crippen MR) is 53.6 cm³/mol. The van der Waals surface area contributed by atoms with Crippen LogP contribution < -0.4 is 11.5 Å². The van der Waals surface area contributed by atoms with Crippen LogP contribution in [0.3, 0.4) is 0 Å². The number of nitro benzene ring substituents is 1. The fourth-order valence-electron chi connectivity index (χ4n) is 0.932. The molecule has 0 saturated carbocycles. The molecule has 4 N–H and O–H groups in total. The van der Waals surface area contributed by atoms with Crippen molar-refractivity contribution in [3.05, 3.63) is 33.9 Å². The smallest absolute Gasteiger partial charge is 0.293 e. The predicted octanol–water partition coefficient (Wildman–Crippen LogP) is 0.0138. The molecule has 76 valence electrons. The summed E-state index contributed by atoms with van der Waals surface area (Å²) in [6, 6.07) is 3.93. The van der Waals surface area contributed by atoms with Gasteiger partial charge in [0.1, 0.15) is 5.69 Å². The largest absolute Gasteiger partial charge is 0.393 e. The van der Waals surface area contributed by atoms with Crippen LogP contribution in [0, 0.1) is 22.0 Å². The number of nitrogen functional groups attached to an aromatic ring is 1. The van der Waals surface area contributed by atoms with E-state index in [-0.39, 0.29) is 11.4 Å². The molecule has 0 atom stereocenters. The minimum atomic E-state index is -0.771. The number of anilines is 1. The van der Waals surface area contributed by atoms with E-state index in [2.05, 4.69) is 11.8 Å². The lowest BCUT2D eigenvalue weighted by Gasteiger charge is -1.96. The van der Waals surface area contributed by atoms with Gasteiger partial charge < -0.3 is 11.5 Å². The Kier molecular flexibility index (Phi) is 2.88. The standard InChI is InChI=1S/C9H7N3O3/c10-7-5-6(2-4-9(11)13)1-3-8(7)12(14)15/h1,3,5H,10H2,(H2,11,13). The van der Waals surface area contributed by atoms with Crippen molar-refractivity contribution < 1.29 is 9.72 Å². The third-order valence-electron chi connectivity index (χ3n) is 1.55. The molecule has 0 aliphatic carbocycles. The van der Waals surface area contributed by atoms with Crippen LogP contribution in [-0.2, 0) is 4.79 Å². The lowest BCUT2D eigenvalue weighted by Crippen LogP contribution is -2.06. The zero-order valence-electron chi connectivity index (χ0n) is 7.56. The number of carbonyl (C=O) groups excluding carboxylic acids is 1. The summed E-state index contributed by atoms with van der Waals surface area (Å²) in [5, 5.41) is 10.4. The molecule has 0 radical (unpaired) electrons. The lowest BCUT2D eigenvalue weighted by molar-refractivity contribution is -0.383. The third-order valence-corrected chi connectivity index (χ3v) is 1.55. The second-order valence-corrected chi connectivity index (χ2v) is 2.64. The van der Waals surface area contributed by atoms with Gasteiger partial charge in [0.15, 0.2) is 0 Å². The van der Waals surface area contributed by atoms with Crippen molar-refractivity contribution >= 4 is 17.3 Å². The monoisotopic (exact) mass is 205 g/mol. The van der Waals surface area contributed by atoms with Crippen LogP contribution in [0.2, 0.25) is 0 Å². The average Bonchev–Trinajstić information content (AvgIpc) is 2.14. The summed E-state index contributed by atoms with van der Waals surface area (Å²) in [6.45, 7) is 0. The summed E-state index contributed by atoms with van der Waals surface area (Å²) in [5.74, 6) is 3.75. The van der Waals surface area contributed by atoms with Crippen molar-refractivity contribution in [2.24, 2.45) is 5.73 Å². The van der Waals surface area contributed by atoms with E-state index in [1.807, 2.05) is 0 Å². The average molecular weight is 205 g/mol. The molecule has 6 nitrogen and oxygen atoms in total. The van der Waals surface area contributed by atoms with Crippen molar-refractivity contribution in [2.45, 2.75) is 0 Å². The Balaban J connectivity index is 3.09. The van der Waals surface area contributed by atoms with Crippen molar-refractivity contribution in [3.63, 3.8) is 0 Å². The quantitative estimate of drug-likeness (QED) is 0.291. The summed E-state index contributed by atoms with van der Waals surface area (Å²) in [5.41, 5.74) is 10.4. The summed E-state index contributed by atoms with van der Waals surface area (Å²) in [4.78, 5) is 20.2. The number of hydrogen-bond donors (Lipinski definition) is 2. The Bertz CT molecular complexity index is 485. The first-order chi connectivity index (χ1) is 7.00. The third kappa shape index (κ3) is 2.70. The Morgan fingerprint density at radius 1 is 1.47 bits per heavy atom. The molecule has 0 unspecified atom stereocenters. The number of nitrogens with two attached hydrogens (primary N) is 2. The SMILES string of the molecule is NC(=O)C#Cc1ccc([N+](=O)[O-])c(N)c1. The maximum atomic E-state index is 10.4. The van der Waals surface area contributed by atoms with E-state index in [0.717, 1.165) is 0 Å². The molecule has 6 heteroatoms. The van der Waals surface area contributed by atoms with Gasteiger partial charge >= 0.3 is 0 Å². The number of carbonyl (C=O) groups is 1. The zero-order valence-corrected chi connectivity index (χ0v) is 7.56. The molecule has 0 bridgehead atoms. The molecule has 1 aromatic rings. The summed E-state index contributed by atoms with van der Waals surface area (Å²) in [6.07, 6.45) is 0. The Morgan fingerprint density at radius 3 is 2.60 bits per heavy atom. The molecular formula is C9H7N3O3. The van der Waals surface area contributed by atoms with Crippen molar-refractivity contribution in [3.8, 4) is 11.8 Å². The number of primary amides is 1. The highest BCUT2D eigenvalue weighted by molar-refractivity contribution is 5.92. The number of nitrogens with zero attached hydrogens (tertiary/aromatic N) is 1. The van der Waals surface area contributed by atoms with Crippen molar-refractivity contribution in [1.82, 2.24) is 0 Å². The van der Waals surface area contributed by atoms with E-state index in [1.54, 1.807) is 0 Å². The van der Waals surface area contributed by atoms with E-state index in [9.17, 15) is 14.9 Å². The van der Waals surface area contributed by atoms with Crippen LogP contribution in [0.15, 0.2) is 18.2 Å². The fourth-order valence-corrected chi connectivity index (χ4v) is 0.932. The van der Waals surface area contributed by atoms with E-state index in [1.165, 1.54) is 18.2 Å². The van der Waals surface area contributed by atoms with Crippen LogP contribution in [0.25, 0.3) is 0 Å². The van der Waals surface area contributed by atoms with Crippen LogP contribution in [0.5, 0.6) is 0 Å². The highest BCUT2D eigenvalue weighted by Gasteiger charge is 2.09. The highest BCUT2D eigenvalue weighted by atomic mass is 16.6. The maximum Gasteiger partial charge on any atom is 0.293 e. The summed E-state index contributed by atoms with van der Waals surface area (Å²) < 4.78 is 0. The topological polar surface area (TPSA) is 112 Å². The minimum Gasteiger partial charge on any atom is -0.393 e. The molecule has 1 amide bonds. The van der Waals surface area contributed by atoms with Gasteiger partial charge in [-0.25, -0.2) is 0 Å². The molecule has 0 heterocycles. The number of hydrogen-bond acceptors (Lipinski definition) is 4. The number of benzene rings is 1. The molecular weight excluding hydrogens is 198 g/mol. The van der Waals surface area contributed by atoms with Gasteiger partial charge in [0.25, 0.3) is 11.6 Å². The molecule has 15 heavy (non-hydrogen) atoms.